The van der Waals surface area contributed by atoms with Crippen molar-refractivity contribution in [2.45, 2.75) is 19.8 Å². The summed E-state index contributed by atoms with van der Waals surface area (Å²) in [5, 5.41) is 26.6. The molecule has 0 aliphatic rings. The van der Waals surface area contributed by atoms with Crippen molar-refractivity contribution < 1.29 is 14.8 Å². The van der Waals surface area contributed by atoms with Gasteiger partial charge in [-0.3, -0.25) is 14.9 Å². The Hall–Kier alpha value is -3.78. The van der Waals surface area contributed by atoms with Crippen molar-refractivity contribution in [2.24, 2.45) is 0 Å². The molecule has 4 rings (SSSR count). The van der Waals surface area contributed by atoms with Crippen LogP contribution in [0.4, 0.5) is 11.4 Å². The van der Waals surface area contributed by atoms with E-state index in [0.717, 1.165) is 21.6 Å². The molecule has 3 aromatic carbocycles. The molecule has 156 valence electrons. The van der Waals surface area contributed by atoms with E-state index in [4.69, 9.17) is 0 Å². The van der Waals surface area contributed by atoms with Crippen LogP contribution >= 0.6 is 11.3 Å². The predicted molar refractivity (Wildman–Crippen MR) is 121 cm³/mol. The van der Waals surface area contributed by atoms with Gasteiger partial charge in [0.05, 0.1) is 27.7 Å². The molecular weight excluding hydrogens is 414 g/mol. The second-order valence-corrected chi connectivity index (χ2v) is 8.28. The van der Waals surface area contributed by atoms with Gasteiger partial charge in [0.2, 0.25) is 5.91 Å². The van der Waals surface area contributed by atoms with Crippen LogP contribution in [-0.2, 0) is 17.6 Å². The van der Waals surface area contributed by atoms with E-state index < -0.39 is 4.92 Å². The number of phenols is 1. The van der Waals surface area contributed by atoms with Crippen LogP contribution in [0.2, 0.25) is 0 Å². The summed E-state index contributed by atoms with van der Waals surface area (Å²) >= 11 is 1.47. The first-order chi connectivity index (χ1) is 14.9. The molecule has 0 unspecified atom stereocenters. The Balaban J connectivity index is 1.50. The quantitative estimate of drug-likeness (QED) is 0.253. The van der Waals surface area contributed by atoms with E-state index in [1.54, 1.807) is 0 Å². The molecule has 0 bridgehead atoms. The van der Waals surface area contributed by atoms with Gasteiger partial charge in [0.15, 0.2) is 0 Å². The summed E-state index contributed by atoms with van der Waals surface area (Å²) in [5.41, 5.74) is 1.75. The molecule has 0 saturated carbocycles. The van der Waals surface area contributed by atoms with E-state index in [1.165, 1.54) is 39.8 Å². The molecule has 0 atom stereocenters. The first-order valence-corrected chi connectivity index (χ1v) is 10.4. The van der Waals surface area contributed by atoms with Gasteiger partial charge in [-0.15, -0.1) is 11.3 Å². The van der Waals surface area contributed by atoms with E-state index in [-0.39, 0.29) is 29.5 Å². The minimum atomic E-state index is -0.581. The average Bonchev–Trinajstić information content (AvgIpc) is 3.08. The molecule has 0 spiro atoms. The van der Waals surface area contributed by atoms with Gasteiger partial charge in [0, 0.05) is 23.4 Å². The number of aryl methyl sites for hydroxylation is 1. The van der Waals surface area contributed by atoms with Gasteiger partial charge in [-0.05, 0) is 29.3 Å². The monoisotopic (exact) mass is 433 g/mol. The van der Waals surface area contributed by atoms with Crippen LogP contribution in [-0.4, -0.2) is 20.9 Å². The van der Waals surface area contributed by atoms with Gasteiger partial charge in [0.1, 0.15) is 5.75 Å². The van der Waals surface area contributed by atoms with E-state index in [2.05, 4.69) is 34.6 Å². The summed E-state index contributed by atoms with van der Waals surface area (Å²) in [6, 6.07) is 17.9. The van der Waals surface area contributed by atoms with Crippen LogP contribution in [0.15, 0.2) is 60.7 Å². The van der Waals surface area contributed by atoms with Crippen molar-refractivity contribution in [3.63, 3.8) is 0 Å². The SMILES string of the molecule is Cc1nc(Cc2cccc3ccccc23)sc1CC(=O)Nc1cc([N+](=O)[O-])ccc1O. The highest BCUT2D eigenvalue weighted by Crippen LogP contribution is 2.29. The lowest BCUT2D eigenvalue weighted by Gasteiger charge is -2.06. The van der Waals surface area contributed by atoms with E-state index in [9.17, 15) is 20.0 Å². The molecule has 0 aliphatic carbocycles. The van der Waals surface area contributed by atoms with Crippen LogP contribution < -0.4 is 5.32 Å². The van der Waals surface area contributed by atoms with Crippen LogP contribution in [0, 0.1) is 17.0 Å². The van der Waals surface area contributed by atoms with Gasteiger partial charge >= 0.3 is 0 Å². The Kier molecular flexibility index (Phi) is 5.64. The molecule has 1 amide bonds. The highest BCUT2D eigenvalue weighted by atomic mass is 32.1. The van der Waals surface area contributed by atoms with Crippen LogP contribution in [0.25, 0.3) is 10.8 Å². The first-order valence-electron chi connectivity index (χ1n) is 9.60. The van der Waals surface area contributed by atoms with Gasteiger partial charge in [-0.2, -0.15) is 0 Å². The maximum absolute atomic E-state index is 12.5. The second-order valence-electron chi connectivity index (χ2n) is 7.11. The molecule has 0 fully saturated rings. The molecule has 1 heterocycles. The number of amides is 1. The number of benzene rings is 3. The number of carbonyl (C=O) groups excluding carboxylic acids is 1. The number of nitrogens with zero attached hydrogens (tertiary/aromatic N) is 2. The third kappa shape index (κ3) is 4.54. The van der Waals surface area contributed by atoms with Crippen LogP contribution in [0.5, 0.6) is 5.75 Å². The van der Waals surface area contributed by atoms with Crippen molar-refractivity contribution in [2.75, 3.05) is 5.32 Å². The Morgan fingerprint density at radius 2 is 1.94 bits per heavy atom. The minimum absolute atomic E-state index is 0.0114. The molecule has 1 aromatic heterocycles. The smallest absolute Gasteiger partial charge is 0.271 e. The first kappa shape index (κ1) is 20.5. The largest absolute Gasteiger partial charge is 0.506 e. The number of nitrogens with one attached hydrogen (secondary N) is 1. The maximum Gasteiger partial charge on any atom is 0.271 e. The number of anilines is 1. The number of carbonyl (C=O) groups is 1. The number of non-ortho nitro benzene ring substituents is 1. The lowest BCUT2D eigenvalue weighted by Crippen LogP contribution is -2.14. The minimum Gasteiger partial charge on any atom is -0.506 e. The fraction of sp³-hybridized carbons (Fsp3) is 0.130. The Bertz CT molecular complexity index is 1290. The second kappa shape index (κ2) is 8.53. The summed E-state index contributed by atoms with van der Waals surface area (Å²) in [6.07, 6.45) is 0.737. The number of hydrogen-bond donors (Lipinski definition) is 2. The van der Waals surface area contributed by atoms with Crippen molar-refractivity contribution in [1.82, 2.24) is 4.98 Å². The fourth-order valence-corrected chi connectivity index (χ4v) is 4.51. The van der Waals surface area contributed by atoms with Crippen LogP contribution in [0.1, 0.15) is 21.1 Å². The number of aromatic nitrogens is 1. The van der Waals surface area contributed by atoms with E-state index in [1.807, 2.05) is 25.1 Å². The van der Waals surface area contributed by atoms with Crippen molar-refractivity contribution in [1.29, 1.82) is 0 Å². The van der Waals surface area contributed by atoms with E-state index in [0.29, 0.717) is 6.42 Å². The average molecular weight is 433 g/mol. The molecule has 8 heteroatoms. The van der Waals surface area contributed by atoms with Crippen molar-refractivity contribution in [3.05, 3.63) is 91.9 Å². The number of hydrogen-bond acceptors (Lipinski definition) is 6. The predicted octanol–water partition coefficient (Wildman–Crippen LogP) is 4.99. The highest BCUT2D eigenvalue weighted by molar-refractivity contribution is 7.11. The third-order valence-corrected chi connectivity index (χ3v) is 6.10. The number of thiazole rings is 1. The van der Waals surface area contributed by atoms with Crippen molar-refractivity contribution in [3.8, 4) is 5.75 Å². The van der Waals surface area contributed by atoms with E-state index >= 15 is 0 Å². The summed E-state index contributed by atoms with van der Waals surface area (Å²) in [6.45, 7) is 1.86. The molecule has 0 radical (unpaired) electrons. The molecule has 7 nitrogen and oxygen atoms in total. The van der Waals surface area contributed by atoms with Gasteiger partial charge in [-0.25, -0.2) is 4.98 Å². The molecule has 4 aromatic rings. The highest BCUT2D eigenvalue weighted by Gasteiger charge is 2.16. The number of nitro groups is 1. The van der Waals surface area contributed by atoms with Gasteiger partial charge < -0.3 is 10.4 Å². The number of rotatable bonds is 6. The van der Waals surface area contributed by atoms with Crippen molar-refractivity contribution >= 4 is 39.4 Å². The summed E-state index contributed by atoms with van der Waals surface area (Å²) in [7, 11) is 0. The lowest BCUT2D eigenvalue weighted by atomic mass is 10.0. The zero-order chi connectivity index (χ0) is 22.0. The lowest BCUT2D eigenvalue weighted by molar-refractivity contribution is -0.384. The van der Waals surface area contributed by atoms with Gasteiger partial charge in [-0.1, -0.05) is 42.5 Å². The molecular formula is C23H19N3O4S. The fourth-order valence-electron chi connectivity index (χ4n) is 3.42. The molecule has 0 saturated heterocycles. The third-order valence-electron chi connectivity index (χ3n) is 4.94. The number of fused-ring (bicyclic) bond motifs is 1. The Labute approximate surface area is 182 Å². The number of aromatic hydroxyl groups is 1. The topological polar surface area (TPSA) is 105 Å². The number of phenolic OH excluding ortho intramolecular Hbond substituents is 1. The molecule has 31 heavy (non-hydrogen) atoms. The molecule has 2 N–H and O–H groups in total. The standard InChI is InChI=1S/C23H19N3O4S/c1-14-21(13-22(28)25-19-12-17(26(29)30)9-10-20(19)27)31-23(24-14)11-16-7-4-6-15-5-2-3-8-18(15)16/h2-10,12,27H,11,13H2,1H3,(H,25,28). The summed E-state index contributed by atoms with van der Waals surface area (Å²) in [4.78, 5) is 28.3. The zero-order valence-corrected chi connectivity index (χ0v) is 17.5. The zero-order valence-electron chi connectivity index (χ0n) is 16.7. The maximum atomic E-state index is 12.5. The van der Waals surface area contributed by atoms with Crippen LogP contribution in [0.3, 0.4) is 0 Å². The summed E-state index contributed by atoms with van der Waals surface area (Å²) < 4.78 is 0. The number of nitro benzene ring substituents is 1. The normalized spacial score (nSPS) is 10.9. The molecule has 0 aliphatic heterocycles. The van der Waals surface area contributed by atoms with Gasteiger partial charge in [0.25, 0.3) is 5.69 Å². The Morgan fingerprint density at radius 1 is 1.16 bits per heavy atom. The summed E-state index contributed by atoms with van der Waals surface area (Å²) in [5.74, 6) is -0.601. The Morgan fingerprint density at radius 3 is 2.74 bits per heavy atom.